The Morgan fingerprint density at radius 3 is 2.67 bits per heavy atom. The molecule has 3 heterocycles. The standard InChI is InChI=1S/C21H17NOS/c1-2-7-14(8-3-1)16-13-17(18-10-6-12-23-18)22-21-20(16)15-9-4-5-11-19(15)24-21/h1-3,6-8,10,12-13H,4-5,9,11H2. The van der Waals surface area contributed by atoms with E-state index in [1.165, 1.54) is 52.6 Å². The molecule has 2 nitrogen and oxygen atoms in total. The van der Waals surface area contributed by atoms with Gasteiger partial charge in [-0.25, -0.2) is 4.98 Å². The number of benzene rings is 1. The number of aromatic nitrogens is 1. The van der Waals surface area contributed by atoms with Gasteiger partial charge in [-0.05, 0) is 60.6 Å². The molecule has 3 heteroatoms. The van der Waals surface area contributed by atoms with Crippen LogP contribution < -0.4 is 0 Å². The van der Waals surface area contributed by atoms with Crippen molar-refractivity contribution >= 4 is 21.6 Å². The van der Waals surface area contributed by atoms with Gasteiger partial charge in [-0.15, -0.1) is 11.3 Å². The van der Waals surface area contributed by atoms with Gasteiger partial charge >= 0.3 is 0 Å². The fourth-order valence-electron chi connectivity index (χ4n) is 3.65. The lowest BCUT2D eigenvalue weighted by Crippen LogP contribution is -1.98. The van der Waals surface area contributed by atoms with Gasteiger partial charge in [-0.3, -0.25) is 0 Å². The number of thiophene rings is 1. The third-order valence-corrected chi connectivity index (χ3v) is 5.97. The van der Waals surface area contributed by atoms with Crippen LogP contribution in [0.5, 0.6) is 0 Å². The third-order valence-electron chi connectivity index (χ3n) is 4.78. The second-order valence-corrected chi connectivity index (χ2v) is 7.37. The van der Waals surface area contributed by atoms with Crippen LogP contribution in [0.1, 0.15) is 23.3 Å². The molecule has 0 aliphatic heterocycles. The number of pyridine rings is 1. The van der Waals surface area contributed by atoms with Crippen LogP contribution in [0.3, 0.4) is 0 Å². The Kier molecular flexibility index (Phi) is 3.27. The highest BCUT2D eigenvalue weighted by molar-refractivity contribution is 7.19. The number of hydrogen-bond donors (Lipinski definition) is 0. The molecular weight excluding hydrogens is 314 g/mol. The normalized spacial score (nSPS) is 14.0. The molecule has 1 aromatic carbocycles. The molecule has 0 amide bonds. The first-order valence-corrected chi connectivity index (χ1v) is 9.26. The van der Waals surface area contributed by atoms with Gasteiger partial charge in [-0.2, -0.15) is 0 Å². The van der Waals surface area contributed by atoms with E-state index in [0.717, 1.165) is 16.3 Å². The Morgan fingerprint density at radius 2 is 1.83 bits per heavy atom. The summed E-state index contributed by atoms with van der Waals surface area (Å²) in [5.74, 6) is 0.834. The van der Waals surface area contributed by atoms with E-state index in [1.807, 2.05) is 23.5 Å². The molecule has 4 aromatic rings. The van der Waals surface area contributed by atoms with Gasteiger partial charge in [0.25, 0.3) is 0 Å². The zero-order valence-electron chi connectivity index (χ0n) is 13.3. The van der Waals surface area contributed by atoms with Crippen LogP contribution in [0.25, 0.3) is 32.8 Å². The van der Waals surface area contributed by atoms with Crippen molar-refractivity contribution in [3.63, 3.8) is 0 Å². The molecule has 0 saturated heterocycles. The van der Waals surface area contributed by atoms with Crippen LogP contribution in [-0.4, -0.2) is 4.98 Å². The minimum Gasteiger partial charge on any atom is -0.463 e. The van der Waals surface area contributed by atoms with Gasteiger partial charge in [0.2, 0.25) is 0 Å². The maximum atomic E-state index is 5.60. The first kappa shape index (κ1) is 14.0. The maximum absolute atomic E-state index is 5.60. The average Bonchev–Trinajstić information content (AvgIpc) is 3.29. The van der Waals surface area contributed by atoms with E-state index >= 15 is 0 Å². The van der Waals surface area contributed by atoms with Gasteiger partial charge in [-0.1, -0.05) is 30.3 Å². The van der Waals surface area contributed by atoms with E-state index in [1.54, 1.807) is 6.26 Å². The van der Waals surface area contributed by atoms with Crippen LogP contribution in [0, 0.1) is 0 Å². The number of fused-ring (bicyclic) bond motifs is 3. The molecule has 0 radical (unpaired) electrons. The first-order chi connectivity index (χ1) is 11.9. The maximum Gasteiger partial charge on any atom is 0.152 e. The van der Waals surface area contributed by atoms with E-state index in [0.29, 0.717) is 0 Å². The van der Waals surface area contributed by atoms with Crippen molar-refractivity contribution in [1.29, 1.82) is 0 Å². The second-order valence-electron chi connectivity index (χ2n) is 6.29. The van der Waals surface area contributed by atoms with Crippen molar-refractivity contribution in [2.24, 2.45) is 0 Å². The zero-order chi connectivity index (χ0) is 15.9. The second kappa shape index (κ2) is 5.60. The number of hydrogen-bond acceptors (Lipinski definition) is 3. The number of rotatable bonds is 2. The molecule has 0 saturated carbocycles. The minimum atomic E-state index is 0.834. The summed E-state index contributed by atoms with van der Waals surface area (Å²) < 4.78 is 5.60. The summed E-state index contributed by atoms with van der Waals surface area (Å²) in [4.78, 5) is 7.61. The Balaban J connectivity index is 1.84. The summed E-state index contributed by atoms with van der Waals surface area (Å²) in [6.45, 7) is 0. The van der Waals surface area contributed by atoms with Crippen molar-refractivity contribution in [1.82, 2.24) is 4.98 Å². The largest absolute Gasteiger partial charge is 0.463 e. The topological polar surface area (TPSA) is 26.0 Å². The molecular formula is C21H17NOS. The van der Waals surface area contributed by atoms with Crippen molar-refractivity contribution in [3.05, 3.63) is 65.2 Å². The molecule has 118 valence electrons. The first-order valence-electron chi connectivity index (χ1n) is 8.45. The Labute approximate surface area is 144 Å². The Morgan fingerprint density at radius 1 is 0.958 bits per heavy atom. The number of aryl methyl sites for hydroxylation is 2. The summed E-state index contributed by atoms with van der Waals surface area (Å²) in [6, 6.07) is 16.7. The molecule has 0 atom stereocenters. The lowest BCUT2D eigenvalue weighted by Gasteiger charge is -2.13. The number of nitrogens with zero attached hydrogens (tertiary/aromatic N) is 1. The molecule has 24 heavy (non-hydrogen) atoms. The molecule has 0 spiro atoms. The van der Waals surface area contributed by atoms with Gasteiger partial charge in [0, 0.05) is 10.3 Å². The van der Waals surface area contributed by atoms with Crippen LogP contribution in [0.2, 0.25) is 0 Å². The predicted octanol–water partition coefficient (Wildman–Crippen LogP) is 6.10. The van der Waals surface area contributed by atoms with E-state index in [2.05, 4.69) is 36.4 Å². The molecule has 3 aromatic heterocycles. The summed E-state index contributed by atoms with van der Waals surface area (Å²) in [5.41, 5.74) is 4.99. The Hall–Kier alpha value is -2.39. The van der Waals surface area contributed by atoms with Crippen LogP contribution >= 0.6 is 11.3 Å². The lowest BCUT2D eigenvalue weighted by atomic mass is 9.92. The van der Waals surface area contributed by atoms with Crippen LogP contribution in [0.15, 0.2) is 59.2 Å². The van der Waals surface area contributed by atoms with Crippen molar-refractivity contribution in [2.45, 2.75) is 25.7 Å². The average molecular weight is 331 g/mol. The SMILES string of the molecule is c1ccc(-c2cc(-c3ccco3)nc3sc4c(c23)CCCC4)cc1. The highest BCUT2D eigenvalue weighted by Crippen LogP contribution is 2.42. The lowest BCUT2D eigenvalue weighted by molar-refractivity contribution is 0.580. The Bertz CT molecular complexity index is 999. The third kappa shape index (κ3) is 2.20. The van der Waals surface area contributed by atoms with Crippen LogP contribution in [-0.2, 0) is 12.8 Å². The number of furan rings is 1. The van der Waals surface area contributed by atoms with E-state index in [9.17, 15) is 0 Å². The summed E-state index contributed by atoms with van der Waals surface area (Å²) in [5, 5.41) is 1.36. The van der Waals surface area contributed by atoms with E-state index in [-0.39, 0.29) is 0 Å². The van der Waals surface area contributed by atoms with E-state index < -0.39 is 0 Å². The summed E-state index contributed by atoms with van der Waals surface area (Å²) in [6.07, 6.45) is 6.67. The molecule has 1 aliphatic carbocycles. The molecule has 0 N–H and O–H groups in total. The monoisotopic (exact) mass is 331 g/mol. The van der Waals surface area contributed by atoms with E-state index in [4.69, 9.17) is 9.40 Å². The highest BCUT2D eigenvalue weighted by Gasteiger charge is 2.21. The van der Waals surface area contributed by atoms with Crippen molar-refractivity contribution in [2.75, 3.05) is 0 Å². The molecule has 0 unspecified atom stereocenters. The van der Waals surface area contributed by atoms with Crippen molar-refractivity contribution in [3.8, 4) is 22.6 Å². The van der Waals surface area contributed by atoms with Gasteiger partial charge < -0.3 is 4.42 Å². The molecule has 0 fully saturated rings. The van der Waals surface area contributed by atoms with Gasteiger partial charge in [0.15, 0.2) is 5.76 Å². The molecule has 5 rings (SSSR count). The van der Waals surface area contributed by atoms with Crippen molar-refractivity contribution < 1.29 is 4.42 Å². The summed E-state index contributed by atoms with van der Waals surface area (Å²) in [7, 11) is 0. The highest BCUT2D eigenvalue weighted by atomic mass is 32.1. The van der Waals surface area contributed by atoms with Gasteiger partial charge in [0.05, 0.1) is 6.26 Å². The van der Waals surface area contributed by atoms with Crippen LogP contribution in [0.4, 0.5) is 0 Å². The smallest absolute Gasteiger partial charge is 0.152 e. The predicted molar refractivity (Wildman–Crippen MR) is 99.4 cm³/mol. The van der Waals surface area contributed by atoms with Gasteiger partial charge in [0.1, 0.15) is 10.5 Å². The molecule has 1 aliphatic rings. The molecule has 0 bridgehead atoms. The quantitative estimate of drug-likeness (QED) is 0.443. The minimum absolute atomic E-state index is 0.834. The fraction of sp³-hybridized carbons (Fsp3) is 0.190. The zero-order valence-corrected chi connectivity index (χ0v) is 14.1. The fourth-order valence-corrected chi connectivity index (χ4v) is 4.94. The summed E-state index contributed by atoms with van der Waals surface area (Å²) >= 11 is 1.87.